The monoisotopic (exact) mass is 397 g/mol. The van der Waals surface area contributed by atoms with Crippen LogP contribution in [0.4, 0.5) is 0 Å². The van der Waals surface area contributed by atoms with E-state index in [0.29, 0.717) is 6.04 Å². The van der Waals surface area contributed by atoms with Crippen LogP contribution >= 0.6 is 0 Å². The molecule has 0 aliphatic carbocycles. The number of piperidine rings is 1. The van der Waals surface area contributed by atoms with Crippen molar-refractivity contribution in [2.45, 2.75) is 38.5 Å². The molecule has 158 valence electrons. The smallest absolute Gasteiger partial charge is 0.0822 e. The van der Waals surface area contributed by atoms with Crippen molar-refractivity contribution in [3.63, 3.8) is 0 Å². The van der Waals surface area contributed by atoms with Crippen molar-refractivity contribution in [3.05, 3.63) is 53.3 Å². The fourth-order valence-electron chi connectivity index (χ4n) is 4.75. The quantitative estimate of drug-likeness (QED) is 0.801. The van der Waals surface area contributed by atoms with Crippen LogP contribution in [0.2, 0.25) is 0 Å². The lowest BCUT2D eigenvalue weighted by atomic mass is 9.98. The Balaban J connectivity index is 1.22. The van der Waals surface area contributed by atoms with Crippen molar-refractivity contribution < 1.29 is 5.11 Å². The van der Waals surface area contributed by atoms with E-state index >= 15 is 0 Å². The number of hydrogen-bond acceptors (Lipinski definition) is 5. The van der Waals surface area contributed by atoms with Gasteiger partial charge >= 0.3 is 0 Å². The summed E-state index contributed by atoms with van der Waals surface area (Å²) in [4.78, 5) is 7.47. The molecule has 3 heterocycles. The molecule has 6 heteroatoms. The lowest BCUT2D eigenvalue weighted by molar-refractivity contribution is -0.0308. The fourth-order valence-corrected chi connectivity index (χ4v) is 4.75. The zero-order valence-corrected chi connectivity index (χ0v) is 17.9. The first kappa shape index (κ1) is 20.5. The predicted molar refractivity (Wildman–Crippen MR) is 116 cm³/mol. The number of rotatable bonds is 6. The topological polar surface area (TPSA) is 47.8 Å². The maximum atomic E-state index is 10.8. The van der Waals surface area contributed by atoms with Gasteiger partial charge in [-0.25, -0.2) is 0 Å². The van der Waals surface area contributed by atoms with Crippen molar-refractivity contribution in [1.29, 1.82) is 0 Å². The molecule has 29 heavy (non-hydrogen) atoms. The number of β-amino-alcohol motifs (C(OH)–C–C–N with tert-alkyl or cyclic N) is 1. The molecule has 0 amide bonds. The lowest BCUT2D eigenvalue weighted by Gasteiger charge is -2.45. The van der Waals surface area contributed by atoms with E-state index < -0.39 is 0 Å². The molecule has 0 unspecified atom stereocenters. The van der Waals surface area contributed by atoms with Crippen LogP contribution in [-0.4, -0.2) is 87.5 Å². The van der Waals surface area contributed by atoms with E-state index in [9.17, 15) is 5.11 Å². The minimum atomic E-state index is -0.267. The second-order valence-electron chi connectivity index (χ2n) is 8.65. The normalized spacial score (nSPS) is 24.8. The highest BCUT2D eigenvalue weighted by molar-refractivity contribution is 5.16. The molecule has 2 saturated heterocycles. The van der Waals surface area contributed by atoms with Crippen LogP contribution in [0.15, 0.2) is 36.5 Å². The number of benzene rings is 1. The van der Waals surface area contributed by atoms with Gasteiger partial charge in [-0.15, -0.1) is 0 Å². The first-order chi connectivity index (χ1) is 14.1. The van der Waals surface area contributed by atoms with Crippen molar-refractivity contribution in [1.82, 2.24) is 24.5 Å². The molecule has 1 aromatic heterocycles. The highest BCUT2D eigenvalue weighted by Gasteiger charge is 2.33. The van der Waals surface area contributed by atoms with Crippen molar-refractivity contribution in [2.75, 3.05) is 45.8 Å². The van der Waals surface area contributed by atoms with Gasteiger partial charge in [0, 0.05) is 76.7 Å². The summed E-state index contributed by atoms with van der Waals surface area (Å²) in [5.74, 6) is 0. The molecule has 2 aromatic rings. The third kappa shape index (κ3) is 5.07. The van der Waals surface area contributed by atoms with Gasteiger partial charge in [-0.1, -0.05) is 30.3 Å². The van der Waals surface area contributed by atoms with Gasteiger partial charge in [0.25, 0.3) is 0 Å². The number of hydrogen-bond donors (Lipinski definition) is 1. The van der Waals surface area contributed by atoms with E-state index in [4.69, 9.17) is 0 Å². The number of aliphatic hydroxyl groups is 1. The SMILES string of the molecule is Cc1c(CN2CC[C@@H](N3CCN(CCc4ccccc4)CC3)[C@H](O)C2)cnn1C. The summed E-state index contributed by atoms with van der Waals surface area (Å²) in [5.41, 5.74) is 3.90. The lowest BCUT2D eigenvalue weighted by Crippen LogP contribution is -2.58. The highest BCUT2D eigenvalue weighted by Crippen LogP contribution is 2.21. The molecule has 2 aliphatic heterocycles. The standard InChI is InChI=1S/C23H35N5O/c1-19-21(16-24-25(19)2)17-27-11-9-22(23(29)18-27)28-14-12-26(13-15-28)10-8-20-6-4-3-5-7-20/h3-7,16,22-23,29H,8-15,17-18H2,1-2H3/t22-,23-/m1/s1. The molecule has 0 radical (unpaired) electrons. The number of aromatic nitrogens is 2. The van der Waals surface area contributed by atoms with Crippen LogP contribution < -0.4 is 0 Å². The van der Waals surface area contributed by atoms with Crippen LogP contribution in [0.5, 0.6) is 0 Å². The molecule has 2 aliphatic rings. The molecule has 1 aromatic carbocycles. The Hall–Kier alpha value is -1.73. The Morgan fingerprint density at radius 1 is 1.03 bits per heavy atom. The molecule has 2 atom stereocenters. The third-order valence-electron chi connectivity index (χ3n) is 6.80. The summed E-state index contributed by atoms with van der Waals surface area (Å²) in [6, 6.07) is 11.1. The molecular formula is C23H35N5O. The Labute approximate surface area is 174 Å². The third-order valence-corrected chi connectivity index (χ3v) is 6.80. The summed E-state index contributed by atoms with van der Waals surface area (Å²) in [5, 5.41) is 15.2. The predicted octanol–water partition coefficient (Wildman–Crippen LogP) is 1.52. The minimum Gasteiger partial charge on any atom is -0.390 e. The van der Waals surface area contributed by atoms with Crippen LogP contribution in [0.1, 0.15) is 23.2 Å². The van der Waals surface area contributed by atoms with Gasteiger partial charge in [-0.2, -0.15) is 5.10 Å². The van der Waals surface area contributed by atoms with Gasteiger partial charge in [0.2, 0.25) is 0 Å². The Bertz CT molecular complexity index is 769. The first-order valence-corrected chi connectivity index (χ1v) is 11.0. The maximum absolute atomic E-state index is 10.8. The second kappa shape index (κ2) is 9.39. The number of aryl methyl sites for hydroxylation is 1. The van der Waals surface area contributed by atoms with Crippen LogP contribution in [-0.2, 0) is 20.0 Å². The first-order valence-electron chi connectivity index (χ1n) is 11.0. The molecule has 2 fully saturated rings. The Morgan fingerprint density at radius 2 is 1.79 bits per heavy atom. The van der Waals surface area contributed by atoms with E-state index in [1.54, 1.807) is 0 Å². The Kier molecular flexibility index (Phi) is 6.65. The summed E-state index contributed by atoms with van der Waals surface area (Å²) in [6.07, 6.45) is 3.86. The van der Waals surface area contributed by atoms with Gasteiger partial charge in [0.05, 0.1) is 12.3 Å². The van der Waals surface area contributed by atoms with E-state index in [-0.39, 0.29) is 6.10 Å². The molecule has 4 rings (SSSR count). The average molecular weight is 398 g/mol. The molecule has 1 N–H and O–H groups in total. The number of piperazine rings is 1. The molecule has 6 nitrogen and oxygen atoms in total. The van der Waals surface area contributed by atoms with Gasteiger partial charge in [0.15, 0.2) is 0 Å². The molecule has 0 spiro atoms. The summed E-state index contributed by atoms with van der Waals surface area (Å²) >= 11 is 0. The second-order valence-corrected chi connectivity index (χ2v) is 8.65. The van der Waals surface area contributed by atoms with E-state index in [2.05, 4.69) is 57.1 Å². The largest absolute Gasteiger partial charge is 0.390 e. The van der Waals surface area contributed by atoms with Gasteiger partial charge < -0.3 is 10.0 Å². The number of likely N-dealkylation sites (tertiary alicyclic amines) is 1. The molecule has 0 saturated carbocycles. The summed E-state index contributed by atoms with van der Waals surface area (Å²) < 4.78 is 1.93. The zero-order valence-electron chi connectivity index (χ0n) is 17.9. The minimum absolute atomic E-state index is 0.267. The van der Waals surface area contributed by atoms with Crippen molar-refractivity contribution in [3.8, 4) is 0 Å². The van der Waals surface area contributed by atoms with Crippen LogP contribution in [0.3, 0.4) is 0 Å². The zero-order chi connectivity index (χ0) is 20.2. The average Bonchev–Trinajstić information content (AvgIpc) is 3.06. The fraction of sp³-hybridized carbons (Fsp3) is 0.609. The number of nitrogens with zero attached hydrogens (tertiary/aromatic N) is 5. The van der Waals surface area contributed by atoms with Gasteiger partial charge in [-0.3, -0.25) is 14.5 Å². The summed E-state index contributed by atoms with van der Waals surface area (Å²) in [6.45, 7) is 10.3. The number of aliphatic hydroxyl groups excluding tert-OH is 1. The highest BCUT2D eigenvalue weighted by atomic mass is 16.3. The Morgan fingerprint density at radius 3 is 2.45 bits per heavy atom. The van der Waals surface area contributed by atoms with Crippen LogP contribution in [0, 0.1) is 6.92 Å². The van der Waals surface area contributed by atoms with E-state index in [1.807, 2.05) is 17.9 Å². The molecular weight excluding hydrogens is 362 g/mol. The van der Waals surface area contributed by atoms with E-state index in [0.717, 1.165) is 65.2 Å². The van der Waals surface area contributed by atoms with Gasteiger partial charge in [-0.05, 0) is 25.3 Å². The van der Waals surface area contributed by atoms with E-state index in [1.165, 1.54) is 16.8 Å². The summed E-state index contributed by atoms with van der Waals surface area (Å²) in [7, 11) is 1.99. The van der Waals surface area contributed by atoms with Crippen molar-refractivity contribution in [2.24, 2.45) is 7.05 Å². The maximum Gasteiger partial charge on any atom is 0.0822 e. The molecule has 0 bridgehead atoms. The van der Waals surface area contributed by atoms with Gasteiger partial charge in [0.1, 0.15) is 0 Å². The van der Waals surface area contributed by atoms with Crippen LogP contribution in [0.25, 0.3) is 0 Å². The van der Waals surface area contributed by atoms with Crippen molar-refractivity contribution >= 4 is 0 Å².